The van der Waals surface area contributed by atoms with Gasteiger partial charge in [0.15, 0.2) is 11.9 Å². The summed E-state index contributed by atoms with van der Waals surface area (Å²) in [5.41, 5.74) is 0. The molecule has 0 aromatic heterocycles. The van der Waals surface area contributed by atoms with Crippen molar-refractivity contribution in [1.29, 1.82) is 0 Å². The van der Waals surface area contributed by atoms with Gasteiger partial charge in [0.2, 0.25) is 0 Å². The lowest BCUT2D eigenvalue weighted by Crippen LogP contribution is -2.46. The summed E-state index contributed by atoms with van der Waals surface area (Å²) in [5.74, 6) is 4.28. The molecule has 0 aromatic carbocycles. The monoisotopic (exact) mass is 370 g/mol. The van der Waals surface area contributed by atoms with Crippen molar-refractivity contribution < 1.29 is 0 Å². The second-order valence-electron chi connectivity index (χ2n) is 6.08. The average molecular weight is 371 g/mol. The van der Waals surface area contributed by atoms with Gasteiger partial charge in [0, 0.05) is 65.5 Å². The molecule has 0 saturated carbocycles. The van der Waals surface area contributed by atoms with E-state index >= 15 is 0 Å². The van der Waals surface area contributed by atoms with Gasteiger partial charge in [0.05, 0.1) is 13.1 Å². The fraction of sp³-hybridized carbons (Fsp3) is 0.750. The van der Waals surface area contributed by atoms with Gasteiger partial charge in [-0.2, -0.15) is 0 Å². The molecule has 2 rings (SSSR count). The Hall–Kier alpha value is -1.02. The van der Waals surface area contributed by atoms with E-state index in [9.17, 15) is 0 Å². The zero-order valence-corrected chi connectivity index (χ0v) is 16.9. The molecule has 0 spiro atoms. The van der Waals surface area contributed by atoms with Gasteiger partial charge in [-0.3, -0.25) is 9.98 Å². The molecular weight excluding hydrogens is 340 g/mol. The van der Waals surface area contributed by atoms with Gasteiger partial charge < -0.3 is 19.6 Å². The zero-order valence-electron chi connectivity index (χ0n) is 15.3. The summed E-state index contributed by atoms with van der Waals surface area (Å²) in [7, 11) is 12.2. The van der Waals surface area contributed by atoms with Crippen LogP contribution in [0, 0.1) is 0 Å². The minimum absolute atomic E-state index is 0.857. The number of hydrogen-bond acceptors (Lipinski definition) is 4. The number of likely N-dealkylation sites (N-methyl/N-ethyl adjacent to an activating group) is 1. The van der Waals surface area contributed by atoms with Crippen LogP contribution in [0.3, 0.4) is 0 Å². The van der Waals surface area contributed by atoms with E-state index in [-0.39, 0.29) is 0 Å². The standard InChI is InChI=1S/C16H30N6S2/c1-19-9-5-10-20(2)15(19)17-7-13-23-24-14-8-18-16-21(3)11-6-12-22(16)4/h5,9H,6-8,10-14H2,1-4H3. The summed E-state index contributed by atoms with van der Waals surface area (Å²) in [6, 6.07) is 0. The Kier molecular flexibility index (Phi) is 8.11. The van der Waals surface area contributed by atoms with Gasteiger partial charge in [-0.05, 0) is 12.5 Å². The molecule has 0 aromatic rings. The predicted octanol–water partition coefficient (Wildman–Crippen LogP) is 1.74. The SMILES string of the molecule is CN1C=CCN(C)C1=NCCSSCCN=C1N(C)CCCN1C. The van der Waals surface area contributed by atoms with Gasteiger partial charge in [0.25, 0.3) is 0 Å². The van der Waals surface area contributed by atoms with Crippen LogP contribution in [-0.2, 0) is 0 Å². The molecule has 1 saturated heterocycles. The first-order valence-corrected chi connectivity index (χ1v) is 10.9. The van der Waals surface area contributed by atoms with Gasteiger partial charge in [-0.25, -0.2) is 0 Å². The fourth-order valence-electron chi connectivity index (χ4n) is 2.77. The summed E-state index contributed by atoms with van der Waals surface area (Å²) in [6.45, 7) is 4.91. The molecule has 136 valence electrons. The van der Waals surface area contributed by atoms with E-state index in [0.717, 1.165) is 56.1 Å². The third kappa shape index (κ3) is 5.81. The van der Waals surface area contributed by atoms with Crippen LogP contribution < -0.4 is 0 Å². The molecule has 2 heterocycles. The van der Waals surface area contributed by atoms with Crippen molar-refractivity contribution in [3.8, 4) is 0 Å². The molecule has 0 bridgehead atoms. The lowest BCUT2D eigenvalue weighted by Gasteiger charge is -2.34. The van der Waals surface area contributed by atoms with Crippen molar-refractivity contribution in [3.05, 3.63) is 12.3 Å². The minimum Gasteiger partial charge on any atom is -0.346 e. The predicted molar refractivity (Wildman–Crippen MR) is 109 cm³/mol. The maximum atomic E-state index is 4.74. The third-order valence-electron chi connectivity index (χ3n) is 3.97. The molecule has 0 radical (unpaired) electrons. The van der Waals surface area contributed by atoms with Crippen LogP contribution >= 0.6 is 21.6 Å². The fourth-order valence-corrected chi connectivity index (χ4v) is 4.50. The van der Waals surface area contributed by atoms with Crippen molar-refractivity contribution in [2.45, 2.75) is 6.42 Å². The quantitative estimate of drug-likeness (QED) is 0.502. The Labute approximate surface area is 154 Å². The van der Waals surface area contributed by atoms with Gasteiger partial charge >= 0.3 is 0 Å². The highest BCUT2D eigenvalue weighted by Crippen LogP contribution is 2.20. The topological polar surface area (TPSA) is 37.7 Å². The van der Waals surface area contributed by atoms with Crippen LogP contribution in [0.2, 0.25) is 0 Å². The van der Waals surface area contributed by atoms with Crippen LogP contribution in [0.4, 0.5) is 0 Å². The van der Waals surface area contributed by atoms with Crippen LogP contribution in [0.15, 0.2) is 22.3 Å². The lowest BCUT2D eigenvalue weighted by molar-refractivity contribution is 0.317. The van der Waals surface area contributed by atoms with Crippen molar-refractivity contribution in [2.75, 3.05) is 72.4 Å². The normalized spacial score (nSPS) is 20.3. The Balaban J connectivity index is 1.59. The van der Waals surface area contributed by atoms with E-state index in [1.165, 1.54) is 6.42 Å². The molecule has 0 amide bonds. The molecule has 8 heteroatoms. The molecule has 6 nitrogen and oxygen atoms in total. The Morgan fingerprint density at radius 1 is 0.875 bits per heavy atom. The number of nitrogens with zero attached hydrogens (tertiary/aromatic N) is 6. The molecule has 0 N–H and O–H groups in total. The largest absolute Gasteiger partial charge is 0.346 e. The number of hydrogen-bond donors (Lipinski definition) is 0. The van der Waals surface area contributed by atoms with Crippen molar-refractivity contribution in [2.24, 2.45) is 9.98 Å². The first kappa shape index (κ1) is 19.3. The summed E-state index contributed by atoms with van der Waals surface area (Å²) >= 11 is 0. The molecule has 1 fully saturated rings. The van der Waals surface area contributed by atoms with Crippen molar-refractivity contribution in [3.63, 3.8) is 0 Å². The second kappa shape index (κ2) is 10.1. The van der Waals surface area contributed by atoms with E-state index in [1.807, 2.05) is 28.6 Å². The Morgan fingerprint density at radius 3 is 2.04 bits per heavy atom. The molecule has 2 aliphatic rings. The molecule has 2 aliphatic heterocycles. The molecule has 0 atom stereocenters. The highest BCUT2D eigenvalue weighted by molar-refractivity contribution is 8.76. The van der Waals surface area contributed by atoms with Crippen molar-refractivity contribution >= 4 is 33.5 Å². The molecule has 0 aliphatic carbocycles. The first-order chi connectivity index (χ1) is 11.6. The first-order valence-electron chi connectivity index (χ1n) is 8.46. The minimum atomic E-state index is 0.857. The van der Waals surface area contributed by atoms with Crippen LogP contribution in [-0.4, -0.2) is 104 Å². The highest BCUT2D eigenvalue weighted by atomic mass is 33.1. The van der Waals surface area contributed by atoms with E-state index in [4.69, 9.17) is 9.98 Å². The second-order valence-corrected chi connectivity index (χ2v) is 8.78. The summed E-state index contributed by atoms with van der Waals surface area (Å²) in [6.07, 6.45) is 5.45. The van der Waals surface area contributed by atoms with E-state index in [1.54, 1.807) is 0 Å². The maximum Gasteiger partial charge on any atom is 0.200 e. The number of guanidine groups is 2. The van der Waals surface area contributed by atoms with Crippen molar-refractivity contribution in [1.82, 2.24) is 19.6 Å². The Bertz CT molecular complexity index is 467. The van der Waals surface area contributed by atoms with Gasteiger partial charge in [-0.15, -0.1) is 0 Å². The maximum absolute atomic E-state index is 4.74. The van der Waals surface area contributed by atoms with Crippen LogP contribution in [0.25, 0.3) is 0 Å². The average Bonchev–Trinajstić information content (AvgIpc) is 2.54. The van der Waals surface area contributed by atoms with Gasteiger partial charge in [-0.1, -0.05) is 21.6 Å². The van der Waals surface area contributed by atoms with E-state index in [2.05, 4.69) is 53.0 Å². The van der Waals surface area contributed by atoms with E-state index in [0.29, 0.717) is 0 Å². The van der Waals surface area contributed by atoms with Crippen LogP contribution in [0.5, 0.6) is 0 Å². The number of aliphatic imine (C=N–C) groups is 2. The summed E-state index contributed by atoms with van der Waals surface area (Å²) in [5, 5.41) is 0. The molecular formula is C16H30N6S2. The number of rotatable bonds is 7. The van der Waals surface area contributed by atoms with E-state index < -0.39 is 0 Å². The molecule has 24 heavy (non-hydrogen) atoms. The zero-order chi connectivity index (χ0) is 17.4. The Morgan fingerprint density at radius 2 is 1.46 bits per heavy atom. The lowest BCUT2D eigenvalue weighted by atomic mass is 10.3. The smallest absolute Gasteiger partial charge is 0.200 e. The van der Waals surface area contributed by atoms with Gasteiger partial charge in [0.1, 0.15) is 0 Å². The summed E-state index contributed by atoms with van der Waals surface area (Å²) in [4.78, 5) is 18.2. The third-order valence-corrected chi connectivity index (χ3v) is 6.34. The summed E-state index contributed by atoms with van der Waals surface area (Å²) < 4.78 is 0. The highest BCUT2D eigenvalue weighted by Gasteiger charge is 2.16. The molecule has 0 unspecified atom stereocenters. The van der Waals surface area contributed by atoms with Crippen LogP contribution in [0.1, 0.15) is 6.42 Å².